The molecule has 0 saturated carbocycles. The van der Waals surface area contributed by atoms with E-state index in [1.54, 1.807) is 6.07 Å². The van der Waals surface area contributed by atoms with E-state index in [1.807, 2.05) is 0 Å². The average molecular weight is 417 g/mol. The van der Waals surface area contributed by atoms with Gasteiger partial charge >= 0.3 is 6.18 Å². The van der Waals surface area contributed by atoms with Crippen LogP contribution in [-0.4, -0.2) is 17.9 Å². The molecule has 0 aliphatic heterocycles. The molecule has 0 N–H and O–H groups in total. The zero-order chi connectivity index (χ0) is 15.3. The Balaban J connectivity index is 3.15. The van der Waals surface area contributed by atoms with Crippen LogP contribution in [0.25, 0.3) is 0 Å². The number of anilines is 1. The van der Waals surface area contributed by atoms with E-state index in [2.05, 4.69) is 50.6 Å². The standard InChI is InChI=1S/C14H18Br2F3N/c1-3-11(4-2)20(8-7-15)13-6-5-10(9-12(13)16)14(17,18)19/h5-6,9,11H,3-4,7-8H2,1-2H3. The summed E-state index contributed by atoms with van der Waals surface area (Å²) in [7, 11) is 0. The van der Waals surface area contributed by atoms with Crippen molar-refractivity contribution in [2.45, 2.75) is 38.9 Å². The quantitative estimate of drug-likeness (QED) is 0.525. The Hall–Kier alpha value is -0.230. The van der Waals surface area contributed by atoms with Crippen LogP contribution in [0.4, 0.5) is 18.9 Å². The second-order valence-corrected chi connectivity index (χ2v) is 6.16. The minimum absolute atomic E-state index is 0.320. The van der Waals surface area contributed by atoms with Gasteiger partial charge in [0.05, 0.1) is 11.3 Å². The van der Waals surface area contributed by atoms with Crippen molar-refractivity contribution < 1.29 is 13.2 Å². The Morgan fingerprint density at radius 3 is 2.20 bits per heavy atom. The van der Waals surface area contributed by atoms with Gasteiger partial charge in [0.2, 0.25) is 0 Å². The number of hydrogen-bond donors (Lipinski definition) is 0. The number of nitrogens with zero attached hydrogens (tertiary/aromatic N) is 1. The van der Waals surface area contributed by atoms with Crippen LogP contribution in [0.2, 0.25) is 0 Å². The van der Waals surface area contributed by atoms with Gasteiger partial charge < -0.3 is 4.90 Å². The van der Waals surface area contributed by atoms with Crippen molar-refractivity contribution >= 4 is 37.5 Å². The van der Waals surface area contributed by atoms with E-state index < -0.39 is 11.7 Å². The van der Waals surface area contributed by atoms with Gasteiger partial charge in [-0.15, -0.1) is 0 Å². The molecular formula is C14H18Br2F3N. The molecular weight excluding hydrogens is 399 g/mol. The van der Waals surface area contributed by atoms with Crippen LogP contribution in [0, 0.1) is 0 Å². The maximum Gasteiger partial charge on any atom is 0.416 e. The summed E-state index contributed by atoms with van der Waals surface area (Å²) in [5, 5.41) is 0.775. The SMILES string of the molecule is CCC(CC)N(CCBr)c1ccc(C(F)(F)F)cc1Br. The number of halogens is 5. The Morgan fingerprint density at radius 2 is 1.80 bits per heavy atom. The van der Waals surface area contributed by atoms with E-state index in [1.165, 1.54) is 0 Å². The third-order valence-electron chi connectivity index (χ3n) is 3.29. The van der Waals surface area contributed by atoms with Crippen LogP contribution in [-0.2, 0) is 6.18 Å². The number of rotatable bonds is 6. The van der Waals surface area contributed by atoms with E-state index in [0.29, 0.717) is 10.5 Å². The Kier molecular flexibility index (Phi) is 6.85. The molecule has 6 heteroatoms. The van der Waals surface area contributed by atoms with Gasteiger partial charge in [-0.1, -0.05) is 29.8 Å². The van der Waals surface area contributed by atoms with Crippen LogP contribution < -0.4 is 4.90 Å². The van der Waals surface area contributed by atoms with Crippen molar-refractivity contribution in [3.05, 3.63) is 28.2 Å². The van der Waals surface area contributed by atoms with E-state index >= 15 is 0 Å². The van der Waals surface area contributed by atoms with Crippen molar-refractivity contribution in [1.29, 1.82) is 0 Å². The van der Waals surface area contributed by atoms with Crippen molar-refractivity contribution in [3.63, 3.8) is 0 Å². The first-order valence-electron chi connectivity index (χ1n) is 6.54. The highest BCUT2D eigenvalue weighted by molar-refractivity contribution is 9.10. The lowest BCUT2D eigenvalue weighted by Crippen LogP contribution is -2.36. The molecule has 1 nitrogen and oxygen atoms in total. The molecule has 0 atom stereocenters. The zero-order valence-corrected chi connectivity index (χ0v) is 14.6. The Bertz CT molecular complexity index is 431. The lowest BCUT2D eigenvalue weighted by Gasteiger charge is -2.33. The normalized spacial score (nSPS) is 12.0. The summed E-state index contributed by atoms with van der Waals surface area (Å²) in [4.78, 5) is 2.15. The van der Waals surface area contributed by atoms with Gasteiger partial charge in [0.1, 0.15) is 0 Å². The molecule has 1 rings (SSSR count). The second-order valence-electron chi connectivity index (χ2n) is 4.52. The van der Waals surface area contributed by atoms with Gasteiger partial charge in [-0.2, -0.15) is 13.2 Å². The molecule has 0 unspecified atom stereocenters. The van der Waals surface area contributed by atoms with E-state index in [4.69, 9.17) is 0 Å². The second kappa shape index (κ2) is 7.69. The first-order chi connectivity index (χ1) is 9.35. The van der Waals surface area contributed by atoms with Crippen LogP contribution in [0.1, 0.15) is 32.3 Å². The maximum absolute atomic E-state index is 12.7. The van der Waals surface area contributed by atoms with Gasteiger partial charge in [0.15, 0.2) is 0 Å². The van der Waals surface area contributed by atoms with E-state index in [0.717, 1.165) is 42.5 Å². The molecule has 0 bridgehead atoms. The van der Waals surface area contributed by atoms with E-state index in [-0.39, 0.29) is 0 Å². The van der Waals surface area contributed by atoms with Crippen molar-refractivity contribution in [2.24, 2.45) is 0 Å². The zero-order valence-electron chi connectivity index (χ0n) is 11.5. The summed E-state index contributed by atoms with van der Waals surface area (Å²) in [6.45, 7) is 4.94. The van der Waals surface area contributed by atoms with Crippen LogP contribution in [0.5, 0.6) is 0 Å². The molecule has 1 aromatic rings. The molecule has 114 valence electrons. The molecule has 0 aliphatic rings. The fraction of sp³-hybridized carbons (Fsp3) is 0.571. The highest BCUT2D eigenvalue weighted by atomic mass is 79.9. The van der Waals surface area contributed by atoms with Crippen LogP contribution >= 0.6 is 31.9 Å². The number of hydrogen-bond acceptors (Lipinski definition) is 1. The third-order valence-corrected chi connectivity index (χ3v) is 4.28. The first kappa shape index (κ1) is 17.8. The summed E-state index contributed by atoms with van der Waals surface area (Å²) >= 11 is 6.69. The van der Waals surface area contributed by atoms with Gasteiger partial charge in [0.25, 0.3) is 0 Å². The molecule has 0 aromatic heterocycles. The molecule has 0 aliphatic carbocycles. The fourth-order valence-electron chi connectivity index (χ4n) is 2.24. The third kappa shape index (κ3) is 4.38. The molecule has 0 saturated heterocycles. The van der Waals surface area contributed by atoms with Gasteiger partial charge in [-0.05, 0) is 47.0 Å². The predicted molar refractivity (Wildman–Crippen MR) is 84.7 cm³/mol. The molecule has 0 amide bonds. The number of benzene rings is 1. The van der Waals surface area contributed by atoms with Crippen molar-refractivity contribution in [1.82, 2.24) is 0 Å². The number of alkyl halides is 4. The molecule has 1 aromatic carbocycles. The van der Waals surface area contributed by atoms with Gasteiger partial charge in [-0.25, -0.2) is 0 Å². The smallest absolute Gasteiger partial charge is 0.367 e. The summed E-state index contributed by atoms with van der Waals surface area (Å²) in [6.07, 6.45) is -2.40. The van der Waals surface area contributed by atoms with Gasteiger partial charge in [-0.3, -0.25) is 0 Å². The average Bonchev–Trinajstić information content (AvgIpc) is 2.38. The Labute approximate surface area is 134 Å². The summed E-state index contributed by atoms with van der Waals surface area (Å²) in [5.41, 5.74) is 0.183. The van der Waals surface area contributed by atoms with Crippen LogP contribution in [0.3, 0.4) is 0 Å². The minimum Gasteiger partial charge on any atom is -0.367 e. The monoisotopic (exact) mass is 415 g/mol. The topological polar surface area (TPSA) is 3.24 Å². The highest BCUT2D eigenvalue weighted by Crippen LogP contribution is 2.36. The fourth-order valence-corrected chi connectivity index (χ4v) is 3.22. The van der Waals surface area contributed by atoms with Crippen molar-refractivity contribution in [3.8, 4) is 0 Å². The molecule has 0 spiro atoms. The Morgan fingerprint density at radius 1 is 1.20 bits per heavy atom. The molecule has 0 radical (unpaired) electrons. The molecule has 20 heavy (non-hydrogen) atoms. The predicted octanol–water partition coefficient (Wildman–Crippen LogP) is 5.86. The largest absolute Gasteiger partial charge is 0.416 e. The minimum atomic E-state index is -4.31. The molecule has 0 heterocycles. The lowest BCUT2D eigenvalue weighted by molar-refractivity contribution is -0.137. The first-order valence-corrected chi connectivity index (χ1v) is 8.45. The van der Waals surface area contributed by atoms with Crippen LogP contribution in [0.15, 0.2) is 22.7 Å². The summed E-state index contributed by atoms with van der Waals surface area (Å²) in [5.74, 6) is 0. The van der Waals surface area contributed by atoms with Gasteiger partial charge in [0, 0.05) is 22.4 Å². The molecule has 0 fully saturated rings. The maximum atomic E-state index is 12.7. The van der Waals surface area contributed by atoms with E-state index in [9.17, 15) is 13.2 Å². The highest BCUT2D eigenvalue weighted by Gasteiger charge is 2.31. The lowest BCUT2D eigenvalue weighted by atomic mass is 10.1. The summed E-state index contributed by atoms with van der Waals surface area (Å²) < 4.78 is 38.6. The summed E-state index contributed by atoms with van der Waals surface area (Å²) in [6, 6.07) is 4.16. The van der Waals surface area contributed by atoms with Crippen molar-refractivity contribution in [2.75, 3.05) is 16.8 Å².